The summed E-state index contributed by atoms with van der Waals surface area (Å²) in [5.41, 5.74) is 0.701. The summed E-state index contributed by atoms with van der Waals surface area (Å²) >= 11 is 0. The van der Waals surface area contributed by atoms with Crippen LogP contribution in [-0.2, 0) is 4.79 Å². The second-order valence-electron chi connectivity index (χ2n) is 5.22. The van der Waals surface area contributed by atoms with Crippen LogP contribution in [-0.4, -0.2) is 18.4 Å². The van der Waals surface area contributed by atoms with Crippen molar-refractivity contribution in [2.24, 2.45) is 0 Å². The van der Waals surface area contributed by atoms with E-state index in [-0.39, 0.29) is 24.4 Å². The van der Waals surface area contributed by atoms with Crippen LogP contribution in [0.25, 0.3) is 0 Å². The Morgan fingerprint density at radius 2 is 1.92 bits per heavy atom. The van der Waals surface area contributed by atoms with Crippen molar-refractivity contribution >= 4 is 17.5 Å². The Hall–Kier alpha value is -3.27. The molecular formula is C18H15F2N3O2. The van der Waals surface area contributed by atoms with Crippen LogP contribution < -0.4 is 10.6 Å². The average Bonchev–Trinajstić information content (AvgIpc) is 2.58. The molecule has 0 radical (unpaired) electrons. The smallest absolute Gasteiger partial charge is 0.254 e. The van der Waals surface area contributed by atoms with Gasteiger partial charge in [0.15, 0.2) is 0 Å². The standard InChI is InChI=1S/C18H15F2N3O2/c19-13-6-7-15(16(20)10-13)18(25)22-8-2-5-17(24)23-14-4-1-3-12(9-14)11-21/h1,3-4,6-7,9-10H,2,5,8H2,(H,22,25)(H,23,24). The van der Waals surface area contributed by atoms with Gasteiger partial charge in [0.05, 0.1) is 17.2 Å². The van der Waals surface area contributed by atoms with E-state index in [0.717, 1.165) is 12.1 Å². The lowest BCUT2D eigenvalue weighted by Gasteiger charge is -2.07. The maximum absolute atomic E-state index is 13.5. The fourth-order valence-corrected chi connectivity index (χ4v) is 2.11. The third-order valence-electron chi connectivity index (χ3n) is 3.32. The SMILES string of the molecule is N#Cc1cccc(NC(=O)CCCNC(=O)c2ccc(F)cc2F)c1. The highest BCUT2D eigenvalue weighted by Crippen LogP contribution is 2.11. The number of nitrogens with zero attached hydrogens (tertiary/aromatic N) is 1. The lowest BCUT2D eigenvalue weighted by atomic mass is 10.2. The first-order chi connectivity index (χ1) is 12.0. The van der Waals surface area contributed by atoms with E-state index in [9.17, 15) is 18.4 Å². The lowest BCUT2D eigenvalue weighted by molar-refractivity contribution is -0.116. The topological polar surface area (TPSA) is 82.0 Å². The molecule has 0 atom stereocenters. The number of hydrogen-bond donors (Lipinski definition) is 2. The predicted molar refractivity (Wildman–Crippen MR) is 87.7 cm³/mol. The van der Waals surface area contributed by atoms with E-state index in [0.29, 0.717) is 23.7 Å². The molecule has 0 saturated heterocycles. The molecule has 128 valence electrons. The van der Waals surface area contributed by atoms with Gasteiger partial charge in [0.25, 0.3) is 5.91 Å². The number of nitrogens with one attached hydrogen (secondary N) is 2. The molecule has 0 unspecified atom stereocenters. The zero-order chi connectivity index (χ0) is 18.2. The van der Waals surface area contributed by atoms with E-state index >= 15 is 0 Å². The Labute approximate surface area is 143 Å². The molecule has 0 heterocycles. The van der Waals surface area contributed by atoms with Gasteiger partial charge in [-0.3, -0.25) is 9.59 Å². The van der Waals surface area contributed by atoms with Crippen molar-refractivity contribution in [2.75, 3.05) is 11.9 Å². The van der Waals surface area contributed by atoms with Gasteiger partial charge in [-0.15, -0.1) is 0 Å². The van der Waals surface area contributed by atoms with Gasteiger partial charge in [-0.05, 0) is 36.8 Å². The number of carbonyl (C=O) groups excluding carboxylic acids is 2. The van der Waals surface area contributed by atoms with Gasteiger partial charge < -0.3 is 10.6 Å². The summed E-state index contributed by atoms with van der Waals surface area (Å²) in [5, 5.41) is 13.9. The first kappa shape index (κ1) is 18.1. The largest absolute Gasteiger partial charge is 0.352 e. The second-order valence-corrected chi connectivity index (χ2v) is 5.22. The Balaban J connectivity index is 1.76. The summed E-state index contributed by atoms with van der Waals surface area (Å²) in [7, 11) is 0. The maximum atomic E-state index is 13.5. The molecule has 2 N–H and O–H groups in total. The number of halogens is 2. The number of rotatable bonds is 6. The third-order valence-corrected chi connectivity index (χ3v) is 3.32. The highest BCUT2D eigenvalue weighted by Gasteiger charge is 2.12. The number of anilines is 1. The third kappa shape index (κ3) is 5.39. The van der Waals surface area contributed by atoms with Gasteiger partial charge in [-0.2, -0.15) is 5.26 Å². The van der Waals surface area contributed by atoms with E-state index in [2.05, 4.69) is 10.6 Å². The summed E-state index contributed by atoms with van der Waals surface area (Å²) < 4.78 is 26.3. The first-order valence-corrected chi connectivity index (χ1v) is 7.53. The molecule has 0 spiro atoms. The fourth-order valence-electron chi connectivity index (χ4n) is 2.11. The summed E-state index contributed by atoms with van der Waals surface area (Å²) in [6.07, 6.45) is 0.487. The molecule has 2 aromatic rings. The van der Waals surface area contributed by atoms with Crippen LogP contribution in [0.3, 0.4) is 0 Å². The molecule has 2 aromatic carbocycles. The first-order valence-electron chi connectivity index (χ1n) is 7.53. The second kappa shape index (κ2) is 8.55. The molecule has 0 aliphatic rings. The molecule has 0 aliphatic heterocycles. The Kier molecular flexibility index (Phi) is 6.18. The van der Waals surface area contributed by atoms with Crippen LogP contribution >= 0.6 is 0 Å². The number of amides is 2. The Morgan fingerprint density at radius 3 is 2.64 bits per heavy atom. The highest BCUT2D eigenvalue weighted by molar-refractivity contribution is 5.94. The highest BCUT2D eigenvalue weighted by atomic mass is 19.1. The van der Waals surface area contributed by atoms with E-state index in [1.54, 1.807) is 24.3 Å². The number of hydrogen-bond acceptors (Lipinski definition) is 3. The zero-order valence-electron chi connectivity index (χ0n) is 13.2. The van der Waals surface area contributed by atoms with Crippen molar-refractivity contribution in [1.82, 2.24) is 5.32 Å². The molecule has 0 saturated carbocycles. The molecule has 0 bridgehead atoms. The molecule has 2 rings (SSSR count). The lowest BCUT2D eigenvalue weighted by Crippen LogP contribution is -2.26. The van der Waals surface area contributed by atoms with Crippen LogP contribution in [0.1, 0.15) is 28.8 Å². The van der Waals surface area contributed by atoms with Gasteiger partial charge >= 0.3 is 0 Å². The molecule has 5 nitrogen and oxygen atoms in total. The summed E-state index contributed by atoms with van der Waals surface area (Å²) in [6, 6.07) is 11.2. The molecular weight excluding hydrogens is 328 g/mol. The predicted octanol–water partition coefficient (Wildman–Crippen LogP) is 2.99. The van der Waals surface area contributed by atoms with E-state index in [1.165, 1.54) is 0 Å². The summed E-state index contributed by atoms with van der Waals surface area (Å²) in [5.74, 6) is -2.63. The van der Waals surface area contributed by atoms with E-state index < -0.39 is 17.5 Å². The normalized spacial score (nSPS) is 9.96. The molecule has 0 aliphatic carbocycles. The Morgan fingerprint density at radius 1 is 1.12 bits per heavy atom. The minimum absolute atomic E-state index is 0.142. The number of nitriles is 1. The van der Waals surface area contributed by atoms with Gasteiger partial charge in [0.1, 0.15) is 11.6 Å². The monoisotopic (exact) mass is 343 g/mol. The van der Waals surface area contributed by atoms with E-state index in [1.807, 2.05) is 6.07 Å². The van der Waals surface area contributed by atoms with Crippen molar-refractivity contribution < 1.29 is 18.4 Å². The molecule has 7 heteroatoms. The zero-order valence-corrected chi connectivity index (χ0v) is 13.2. The molecule has 25 heavy (non-hydrogen) atoms. The maximum Gasteiger partial charge on any atom is 0.254 e. The minimum Gasteiger partial charge on any atom is -0.352 e. The van der Waals surface area contributed by atoms with Crippen LogP contribution in [0.4, 0.5) is 14.5 Å². The van der Waals surface area contributed by atoms with Gasteiger partial charge in [-0.1, -0.05) is 6.07 Å². The van der Waals surface area contributed by atoms with Crippen LogP contribution in [0, 0.1) is 23.0 Å². The van der Waals surface area contributed by atoms with Crippen LogP contribution in [0.5, 0.6) is 0 Å². The number of benzene rings is 2. The summed E-state index contributed by atoms with van der Waals surface area (Å²) in [4.78, 5) is 23.6. The average molecular weight is 343 g/mol. The molecule has 0 aromatic heterocycles. The van der Waals surface area contributed by atoms with Crippen molar-refractivity contribution in [2.45, 2.75) is 12.8 Å². The number of carbonyl (C=O) groups is 2. The van der Waals surface area contributed by atoms with Crippen LogP contribution in [0.15, 0.2) is 42.5 Å². The van der Waals surface area contributed by atoms with Crippen molar-refractivity contribution in [3.63, 3.8) is 0 Å². The Bertz CT molecular complexity index is 831. The van der Waals surface area contributed by atoms with Crippen molar-refractivity contribution in [1.29, 1.82) is 5.26 Å². The molecule has 0 fully saturated rings. The summed E-state index contributed by atoms with van der Waals surface area (Å²) in [6.45, 7) is 0.168. The molecule has 2 amide bonds. The van der Waals surface area contributed by atoms with Crippen LogP contribution in [0.2, 0.25) is 0 Å². The van der Waals surface area contributed by atoms with Crippen molar-refractivity contribution in [3.05, 3.63) is 65.2 Å². The minimum atomic E-state index is -0.937. The van der Waals surface area contributed by atoms with Gasteiger partial charge in [0, 0.05) is 24.7 Å². The van der Waals surface area contributed by atoms with Gasteiger partial charge in [-0.25, -0.2) is 8.78 Å². The van der Waals surface area contributed by atoms with E-state index in [4.69, 9.17) is 5.26 Å². The quantitative estimate of drug-likeness (QED) is 0.791. The van der Waals surface area contributed by atoms with Gasteiger partial charge in [0.2, 0.25) is 5.91 Å². The van der Waals surface area contributed by atoms with Crippen molar-refractivity contribution in [3.8, 4) is 6.07 Å². The fraction of sp³-hybridized carbons (Fsp3) is 0.167.